The highest BCUT2D eigenvalue weighted by Gasteiger charge is 2.13. The van der Waals surface area contributed by atoms with Crippen LogP contribution < -0.4 is 10.1 Å². The summed E-state index contributed by atoms with van der Waals surface area (Å²) in [5.74, 6) is -0.451. The second-order valence-corrected chi connectivity index (χ2v) is 9.96. The Labute approximate surface area is 213 Å². The van der Waals surface area contributed by atoms with Crippen molar-refractivity contribution in [3.8, 4) is 0 Å². The Morgan fingerprint density at radius 3 is 2.37 bits per heavy atom. The molecular weight excluding hydrogens is 478 g/mol. The fourth-order valence-electron chi connectivity index (χ4n) is 3.69. The van der Waals surface area contributed by atoms with Gasteiger partial charge in [0.05, 0.1) is 12.6 Å². The second-order valence-electron chi connectivity index (χ2n) is 8.34. The number of thiazole rings is 1. The van der Waals surface area contributed by atoms with Gasteiger partial charge in [-0.1, -0.05) is 60.1 Å². The number of nitrogens with zero attached hydrogens (tertiary/aromatic N) is 2. The normalized spacial score (nSPS) is 12.4. The zero-order chi connectivity index (χ0) is 24.9. The molecule has 178 valence electrons. The Hall–Kier alpha value is -3.48. The minimum absolute atomic E-state index is 0.0865. The number of carbonyl (C=O) groups is 2. The van der Waals surface area contributed by atoms with Crippen molar-refractivity contribution in [2.45, 2.75) is 33.4 Å². The Bertz CT molecular complexity index is 1420. The molecule has 0 aliphatic heterocycles. The first kappa shape index (κ1) is 24.6. The summed E-state index contributed by atoms with van der Waals surface area (Å²) < 4.78 is 2.02. The van der Waals surface area contributed by atoms with Crippen LogP contribution in [0.5, 0.6) is 0 Å². The van der Waals surface area contributed by atoms with Crippen molar-refractivity contribution in [1.82, 2.24) is 9.88 Å². The van der Waals surface area contributed by atoms with E-state index in [0.29, 0.717) is 27.5 Å². The number of halogens is 1. The minimum atomic E-state index is -0.331. The third-order valence-corrected chi connectivity index (χ3v) is 7.19. The third-order valence-electron chi connectivity index (χ3n) is 5.86. The molecule has 0 saturated heterocycles. The van der Waals surface area contributed by atoms with E-state index in [-0.39, 0.29) is 17.9 Å². The van der Waals surface area contributed by atoms with Gasteiger partial charge in [-0.25, -0.2) is 0 Å². The molecule has 4 aromatic rings. The van der Waals surface area contributed by atoms with E-state index in [4.69, 9.17) is 11.6 Å². The molecule has 0 fully saturated rings. The van der Waals surface area contributed by atoms with Gasteiger partial charge in [-0.2, -0.15) is 4.99 Å². The van der Waals surface area contributed by atoms with Crippen LogP contribution in [0.25, 0.3) is 0 Å². The Morgan fingerprint density at radius 2 is 1.69 bits per heavy atom. The lowest BCUT2D eigenvalue weighted by molar-refractivity contribution is 0.0938. The molecule has 0 aliphatic rings. The van der Waals surface area contributed by atoms with Crippen LogP contribution in [0.2, 0.25) is 5.02 Å². The Morgan fingerprint density at radius 1 is 0.971 bits per heavy atom. The van der Waals surface area contributed by atoms with Crippen molar-refractivity contribution < 1.29 is 9.59 Å². The lowest BCUT2D eigenvalue weighted by Crippen LogP contribution is -2.26. The first-order valence-corrected chi connectivity index (χ1v) is 12.5. The average molecular weight is 504 g/mol. The SMILES string of the molecule is Cc1sc(=NC(=O)c2cccc(Cl)c2)n(Cc2ccc(C(=O)NC(C)c3ccccc3)cc2)c1C. The zero-order valence-corrected chi connectivity index (χ0v) is 21.4. The van der Waals surface area contributed by atoms with E-state index in [1.54, 1.807) is 24.3 Å². The van der Waals surface area contributed by atoms with Gasteiger partial charge >= 0.3 is 0 Å². The second kappa shape index (κ2) is 10.8. The van der Waals surface area contributed by atoms with E-state index in [0.717, 1.165) is 21.7 Å². The van der Waals surface area contributed by atoms with Gasteiger partial charge in [-0.3, -0.25) is 9.59 Å². The molecule has 4 rings (SSSR count). The van der Waals surface area contributed by atoms with Gasteiger partial charge in [0.25, 0.3) is 11.8 Å². The molecule has 2 amide bonds. The molecule has 0 saturated carbocycles. The molecule has 35 heavy (non-hydrogen) atoms. The highest BCUT2D eigenvalue weighted by molar-refractivity contribution is 7.09. The van der Waals surface area contributed by atoms with Crippen molar-refractivity contribution in [3.05, 3.63) is 122 Å². The summed E-state index contributed by atoms with van der Waals surface area (Å²) in [7, 11) is 0. The van der Waals surface area contributed by atoms with Gasteiger partial charge in [0, 0.05) is 26.7 Å². The van der Waals surface area contributed by atoms with Gasteiger partial charge in [-0.05, 0) is 62.2 Å². The molecule has 0 bridgehead atoms. The van der Waals surface area contributed by atoms with Gasteiger partial charge in [0.15, 0.2) is 4.80 Å². The van der Waals surface area contributed by atoms with Gasteiger partial charge in [0.2, 0.25) is 0 Å². The molecule has 0 spiro atoms. The molecular formula is C28H26ClN3O2S. The smallest absolute Gasteiger partial charge is 0.279 e. The fraction of sp³-hybridized carbons (Fsp3) is 0.179. The molecule has 0 aliphatic carbocycles. The topological polar surface area (TPSA) is 63.5 Å². The largest absolute Gasteiger partial charge is 0.346 e. The van der Waals surface area contributed by atoms with E-state index < -0.39 is 0 Å². The van der Waals surface area contributed by atoms with Crippen LogP contribution >= 0.6 is 22.9 Å². The average Bonchev–Trinajstić information content (AvgIpc) is 3.12. The predicted octanol–water partition coefficient (Wildman–Crippen LogP) is 6.10. The molecule has 3 aromatic carbocycles. The number of carbonyl (C=O) groups excluding carboxylic acids is 2. The van der Waals surface area contributed by atoms with Crippen LogP contribution in [-0.4, -0.2) is 16.4 Å². The van der Waals surface area contributed by atoms with E-state index in [1.165, 1.54) is 11.3 Å². The van der Waals surface area contributed by atoms with E-state index >= 15 is 0 Å². The van der Waals surface area contributed by atoms with Gasteiger partial charge in [0.1, 0.15) is 0 Å². The van der Waals surface area contributed by atoms with Crippen LogP contribution in [0, 0.1) is 13.8 Å². The van der Waals surface area contributed by atoms with Crippen LogP contribution in [0.3, 0.4) is 0 Å². The number of benzene rings is 3. The molecule has 5 nitrogen and oxygen atoms in total. The first-order chi connectivity index (χ1) is 16.8. The van der Waals surface area contributed by atoms with Crippen molar-refractivity contribution in [3.63, 3.8) is 0 Å². The number of hydrogen-bond donors (Lipinski definition) is 1. The Balaban J connectivity index is 1.52. The van der Waals surface area contributed by atoms with Crippen LogP contribution in [0.15, 0.2) is 83.9 Å². The maximum atomic E-state index is 12.7. The highest BCUT2D eigenvalue weighted by Crippen LogP contribution is 2.16. The minimum Gasteiger partial charge on any atom is -0.346 e. The van der Waals surface area contributed by atoms with Gasteiger partial charge < -0.3 is 9.88 Å². The summed E-state index contributed by atoms with van der Waals surface area (Å²) in [6, 6.07) is 24.1. The number of aromatic nitrogens is 1. The molecule has 1 unspecified atom stereocenters. The van der Waals surface area contributed by atoms with Crippen LogP contribution in [0.4, 0.5) is 0 Å². The molecule has 0 radical (unpaired) electrons. The van der Waals surface area contributed by atoms with Crippen molar-refractivity contribution in [2.75, 3.05) is 0 Å². The summed E-state index contributed by atoms with van der Waals surface area (Å²) in [5.41, 5.74) is 4.16. The summed E-state index contributed by atoms with van der Waals surface area (Å²) in [6.45, 7) is 6.54. The third kappa shape index (κ3) is 5.96. The lowest BCUT2D eigenvalue weighted by Gasteiger charge is -2.14. The van der Waals surface area contributed by atoms with Crippen molar-refractivity contribution in [1.29, 1.82) is 0 Å². The fourth-order valence-corrected chi connectivity index (χ4v) is 4.85. The number of nitrogens with one attached hydrogen (secondary N) is 1. The summed E-state index contributed by atoms with van der Waals surface area (Å²) in [4.78, 5) is 31.5. The van der Waals surface area contributed by atoms with Crippen molar-refractivity contribution in [2.24, 2.45) is 4.99 Å². The number of hydrogen-bond acceptors (Lipinski definition) is 3. The monoisotopic (exact) mass is 503 g/mol. The highest BCUT2D eigenvalue weighted by atomic mass is 35.5. The number of aryl methyl sites for hydroxylation is 1. The molecule has 1 atom stereocenters. The number of rotatable bonds is 6. The number of amides is 2. The molecule has 1 heterocycles. The molecule has 1 N–H and O–H groups in total. The van der Waals surface area contributed by atoms with Crippen LogP contribution in [-0.2, 0) is 6.54 Å². The first-order valence-electron chi connectivity index (χ1n) is 11.3. The predicted molar refractivity (Wildman–Crippen MR) is 141 cm³/mol. The van der Waals surface area contributed by atoms with E-state index in [1.807, 2.05) is 79.9 Å². The maximum Gasteiger partial charge on any atom is 0.279 e. The van der Waals surface area contributed by atoms with Crippen molar-refractivity contribution >= 4 is 34.8 Å². The van der Waals surface area contributed by atoms with E-state index in [2.05, 4.69) is 10.3 Å². The van der Waals surface area contributed by atoms with Gasteiger partial charge in [-0.15, -0.1) is 11.3 Å². The maximum absolute atomic E-state index is 12.7. The van der Waals surface area contributed by atoms with Crippen LogP contribution in [0.1, 0.15) is 55.4 Å². The quantitative estimate of drug-likeness (QED) is 0.345. The zero-order valence-electron chi connectivity index (χ0n) is 19.8. The standard InChI is InChI=1S/C28H26ClN3O2S/c1-18(22-8-5-4-6-9-22)30-26(33)23-14-12-21(13-15-23)17-32-19(2)20(3)35-28(32)31-27(34)24-10-7-11-25(29)16-24/h4-16,18H,17H2,1-3H3,(H,30,33). The Kier molecular flexibility index (Phi) is 7.63. The van der Waals surface area contributed by atoms with E-state index in [9.17, 15) is 9.59 Å². The summed E-state index contributed by atoms with van der Waals surface area (Å²) in [6.07, 6.45) is 0. The molecule has 1 aromatic heterocycles. The molecule has 7 heteroatoms. The summed E-state index contributed by atoms with van der Waals surface area (Å²) >= 11 is 7.51. The summed E-state index contributed by atoms with van der Waals surface area (Å²) in [5, 5.41) is 3.54. The lowest BCUT2D eigenvalue weighted by atomic mass is 10.1.